The minimum absolute atomic E-state index is 0.0325. The Hall–Kier alpha value is -2.40. The van der Waals surface area contributed by atoms with Crippen molar-refractivity contribution in [1.29, 1.82) is 0 Å². The first kappa shape index (κ1) is 15.1. The summed E-state index contributed by atoms with van der Waals surface area (Å²) >= 11 is 5.97. The van der Waals surface area contributed by atoms with Gasteiger partial charge in [-0.2, -0.15) is 5.10 Å². The van der Waals surface area contributed by atoms with Crippen LogP contribution < -0.4 is 0 Å². The van der Waals surface area contributed by atoms with Crippen molar-refractivity contribution in [2.45, 2.75) is 25.8 Å². The number of aromatic amines is 1. The van der Waals surface area contributed by atoms with E-state index in [0.717, 1.165) is 41.5 Å². The summed E-state index contributed by atoms with van der Waals surface area (Å²) < 4.78 is 0. The molecule has 1 aliphatic rings. The Balaban J connectivity index is 1.66. The van der Waals surface area contributed by atoms with E-state index in [0.29, 0.717) is 10.7 Å². The molecule has 1 fully saturated rings. The second kappa shape index (κ2) is 5.91. The Morgan fingerprint density at radius 2 is 2.12 bits per heavy atom. The van der Waals surface area contributed by atoms with E-state index in [1.165, 1.54) is 0 Å². The number of carbonyl (C=O) groups excluding carboxylic acids is 1. The van der Waals surface area contributed by atoms with Gasteiger partial charge in [0.25, 0.3) is 5.91 Å². The molecule has 0 radical (unpaired) electrons. The molecule has 1 N–H and O–H groups in total. The highest BCUT2D eigenvalue weighted by molar-refractivity contribution is 6.30. The molecule has 0 aliphatic carbocycles. The Kier molecular flexibility index (Phi) is 3.73. The highest BCUT2D eigenvalue weighted by Gasteiger charge is 2.31. The Labute approximate surface area is 144 Å². The molecule has 2 aromatic heterocycles. The summed E-state index contributed by atoms with van der Waals surface area (Å²) in [5, 5.41) is 8.72. The van der Waals surface area contributed by atoms with Crippen molar-refractivity contribution in [3.63, 3.8) is 0 Å². The molecule has 3 heterocycles. The van der Waals surface area contributed by atoms with Crippen molar-refractivity contribution < 1.29 is 4.79 Å². The fraction of sp³-hybridized carbons (Fsp3) is 0.278. The number of amides is 1. The van der Waals surface area contributed by atoms with Crippen LogP contribution in [0.5, 0.6) is 0 Å². The lowest BCUT2D eigenvalue weighted by Crippen LogP contribution is -2.31. The van der Waals surface area contributed by atoms with Crippen LogP contribution in [0.2, 0.25) is 5.02 Å². The monoisotopic (exact) mass is 340 g/mol. The van der Waals surface area contributed by atoms with Crippen molar-refractivity contribution in [1.82, 2.24) is 20.1 Å². The lowest BCUT2D eigenvalue weighted by atomic mass is 10.0. The van der Waals surface area contributed by atoms with Crippen molar-refractivity contribution >= 4 is 28.4 Å². The van der Waals surface area contributed by atoms with Gasteiger partial charge in [-0.25, -0.2) is 4.98 Å². The van der Waals surface area contributed by atoms with Crippen LogP contribution in [-0.4, -0.2) is 32.5 Å². The van der Waals surface area contributed by atoms with E-state index in [-0.39, 0.29) is 11.9 Å². The molecule has 0 saturated carbocycles. The third-order valence-electron chi connectivity index (χ3n) is 4.63. The average Bonchev–Trinajstić information content (AvgIpc) is 3.22. The highest BCUT2D eigenvalue weighted by Crippen LogP contribution is 2.33. The molecule has 3 aromatic rings. The SMILES string of the molecule is Cc1n[nH]c2cnc(C(=O)N3CCCC3c3ccc(Cl)cc3)cc12. The minimum atomic E-state index is -0.0325. The topological polar surface area (TPSA) is 61.9 Å². The first-order valence-corrected chi connectivity index (χ1v) is 8.38. The first-order valence-electron chi connectivity index (χ1n) is 8.00. The lowest BCUT2D eigenvalue weighted by molar-refractivity contribution is 0.0730. The molecule has 24 heavy (non-hydrogen) atoms. The van der Waals surface area contributed by atoms with Gasteiger partial charge in [0.2, 0.25) is 0 Å². The van der Waals surface area contributed by atoms with Crippen molar-refractivity contribution in [2.75, 3.05) is 6.54 Å². The number of carbonyl (C=O) groups is 1. The number of benzene rings is 1. The van der Waals surface area contributed by atoms with Gasteiger partial charge >= 0.3 is 0 Å². The number of fused-ring (bicyclic) bond motifs is 1. The van der Waals surface area contributed by atoms with Gasteiger partial charge in [0.05, 0.1) is 23.4 Å². The third-order valence-corrected chi connectivity index (χ3v) is 4.88. The summed E-state index contributed by atoms with van der Waals surface area (Å²) in [6.45, 7) is 2.66. The molecule has 1 amide bonds. The van der Waals surface area contributed by atoms with Gasteiger partial charge in [0, 0.05) is 17.0 Å². The van der Waals surface area contributed by atoms with Crippen LogP contribution in [0.4, 0.5) is 0 Å². The standard InChI is InChI=1S/C18H17ClN4O/c1-11-14-9-15(20-10-16(14)22-21-11)18(24)23-8-2-3-17(23)12-4-6-13(19)7-5-12/h4-7,9-10,17H,2-3,8H2,1H3,(H,21,22). The molecule has 1 saturated heterocycles. The number of rotatable bonds is 2. The fourth-order valence-electron chi connectivity index (χ4n) is 3.35. The predicted octanol–water partition coefficient (Wildman–Crippen LogP) is 3.90. The van der Waals surface area contributed by atoms with E-state index in [1.807, 2.05) is 42.2 Å². The highest BCUT2D eigenvalue weighted by atomic mass is 35.5. The normalized spacial score (nSPS) is 17.6. The van der Waals surface area contributed by atoms with Gasteiger partial charge in [-0.1, -0.05) is 23.7 Å². The van der Waals surface area contributed by atoms with E-state index in [4.69, 9.17) is 11.6 Å². The molecular weight excluding hydrogens is 324 g/mol. The molecule has 0 bridgehead atoms. The molecule has 1 unspecified atom stereocenters. The average molecular weight is 341 g/mol. The molecule has 5 nitrogen and oxygen atoms in total. The number of hydrogen-bond acceptors (Lipinski definition) is 3. The smallest absolute Gasteiger partial charge is 0.272 e. The number of H-pyrrole nitrogens is 1. The number of likely N-dealkylation sites (tertiary alicyclic amines) is 1. The number of nitrogens with one attached hydrogen (secondary N) is 1. The van der Waals surface area contributed by atoms with E-state index < -0.39 is 0 Å². The zero-order chi connectivity index (χ0) is 16.7. The van der Waals surface area contributed by atoms with E-state index in [2.05, 4.69) is 15.2 Å². The summed E-state index contributed by atoms with van der Waals surface area (Å²) in [7, 11) is 0. The van der Waals surface area contributed by atoms with Crippen molar-refractivity contribution in [3.05, 3.63) is 58.5 Å². The van der Waals surface area contributed by atoms with Gasteiger partial charge < -0.3 is 4.90 Å². The molecule has 4 rings (SSSR count). The quantitative estimate of drug-likeness (QED) is 0.769. The number of aromatic nitrogens is 3. The third kappa shape index (κ3) is 2.55. The Morgan fingerprint density at radius 3 is 2.92 bits per heavy atom. The maximum atomic E-state index is 13.0. The van der Waals surface area contributed by atoms with Gasteiger partial charge in [-0.15, -0.1) is 0 Å². The largest absolute Gasteiger partial charge is 0.330 e. The maximum absolute atomic E-state index is 13.0. The van der Waals surface area contributed by atoms with Crippen LogP contribution in [-0.2, 0) is 0 Å². The first-order chi connectivity index (χ1) is 11.6. The maximum Gasteiger partial charge on any atom is 0.272 e. The molecule has 122 valence electrons. The van der Waals surface area contributed by atoms with E-state index in [9.17, 15) is 4.79 Å². The zero-order valence-electron chi connectivity index (χ0n) is 13.3. The van der Waals surface area contributed by atoms with Crippen LogP contribution >= 0.6 is 11.6 Å². The molecular formula is C18H17ClN4O. The van der Waals surface area contributed by atoms with Gasteiger partial charge in [-0.3, -0.25) is 9.89 Å². The predicted molar refractivity (Wildman–Crippen MR) is 93.1 cm³/mol. The summed E-state index contributed by atoms with van der Waals surface area (Å²) in [6.07, 6.45) is 3.63. The zero-order valence-corrected chi connectivity index (χ0v) is 14.0. The van der Waals surface area contributed by atoms with Crippen molar-refractivity contribution in [3.8, 4) is 0 Å². The van der Waals surface area contributed by atoms with E-state index >= 15 is 0 Å². The minimum Gasteiger partial charge on any atom is -0.330 e. The van der Waals surface area contributed by atoms with Crippen LogP contribution in [0.25, 0.3) is 10.9 Å². The number of hydrogen-bond donors (Lipinski definition) is 1. The van der Waals surface area contributed by atoms with Crippen LogP contribution in [0.3, 0.4) is 0 Å². The fourth-order valence-corrected chi connectivity index (χ4v) is 3.48. The molecule has 1 atom stereocenters. The summed E-state index contributed by atoms with van der Waals surface area (Å²) in [5.41, 5.74) is 3.30. The van der Waals surface area contributed by atoms with Crippen LogP contribution in [0, 0.1) is 6.92 Å². The van der Waals surface area contributed by atoms with E-state index in [1.54, 1.807) is 6.20 Å². The Morgan fingerprint density at radius 1 is 1.33 bits per heavy atom. The number of nitrogens with zero attached hydrogens (tertiary/aromatic N) is 3. The second-order valence-electron chi connectivity index (χ2n) is 6.13. The number of halogens is 1. The van der Waals surface area contributed by atoms with Crippen molar-refractivity contribution in [2.24, 2.45) is 0 Å². The summed E-state index contributed by atoms with van der Waals surface area (Å²) in [4.78, 5) is 19.2. The van der Waals surface area contributed by atoms with Gasteiger partial charge in [0.15, 0.2) is 0 Å². The molecule has 1 aliphatic heterocycles. The lowest BCUT2D eigenvalue weighted by Gasteiger charge is -2.25. The van der Waals surface area contributed by atoms with Gasteiger partial charge in [0.1, 0.15) is 5.69 Å². The Bertz CT molecular complexity index is 903. The molecule has 0 spiro atoms. The molecule has 6 heteroatoms. The summed E-state index contributed by atoms with van der Waals surface area (Å²) in [6, 6.07) is 9.64. The second-order valence-corrected chi connectivity index (χ2v) is 6.57. The van der Waals surface area contributed by atoms with Gasteiger partial charge in [-0.05, 0) is 43.5 Å². The van der Waals surface area contributed by atoms with Crippen LogP contribution in [0.1, 0.15) is 40.6 Å². The van der Waals surface area contributed by atoms with Crippen LogP contribution in [0.15, 0.2) is 36.5 Å². The number of pyridine rings is 1. The number of aryl methyl sites for hydroxylation is 1. The molecule has 1 aromatic carbocycles. The summed E-state index contributed by atoms with van der Waals surface area (Å²) in [5.74, 6) is -0.0325.